The van der Waals surface area contributed by atoms with E-state index in [1.165, 1.54) is 12.0 Å². The molecule has 118 valence electrons. The van der Waals surface area contributed by atoms with E-state index in [0.29, 0.717) is 11.1 Å². The second-order valence-electron chi connectivity index (χ2n) is 4.55. The number of imide groups is 1. The van der Waals surface area contributed by atoms with Crippen molar-refractivity contribution >= 4 is 17.8 Å². The first-order valence-electron chi connectivity index (χ1n) is 6.82. The van der Waals surface area contributed by atoms with Gasteiger partial charge in [-0.25, -0.2) is 4.79 Å². The highest BCUT2D eigenvalue weighted by atomic mass is 16.6. The summed E-state index contributed by atoms with van der Waals surface area (Å²) >= 11 is 0. The fraction of sp³-hybridized carbons (Fsp3) is 0.400. The average molecular weight is 307 g/mol. The number of benzene rings is 1. The quantitative estimate of drug-likeness (QED) is 0.395. The third-order valence-electron chi connectivity index (χ3n) is 3.16. The predicted octanol–water partition coefficient (Wildman–Crippen LogP) is 0.489. The maximum Gasteiger partial charge on any atom is 0.331 e. The molecule has 7 nitrogen and oxygen atoms in total. The minimum Gasteiger partial charge on any atom is -0.467 e. The van der Waals surface area contributed by atoms with Crippen LogP contribution in [0.5, 0.6) is 0 Å². The van der Waals surface area contributed by atoms with Gasteiger partial charge >= 0.3 is 5.97 Å². The van der Waals surface area contributed by atoms with Gasteiger partial charge in [0.2, 0.25) is 0 Å². The molecule has 0 aromatic heterocycles. The van der Waals surface area contributed by atoms with E-state index in [1.807, 2.05) is 0 Å². The lowest BCUT2D eigenvalue weighted by Crippen LogP contribution is -2.33. The Morgan fingerprint density at radius 1 is 1.00 bits per heavy atom. The summed E-state index contributed by atoms with van der Waals surface area (Å²) in [6.07, 6.45) is 0. The number of nitrogens with zero attached hydrogens (tertiary/aromatic N) is 1. The van der Waals surface area contributed by atoms with E-state index in [4.69, 9.17) is 9.47 Å². The summed E-state index contributed by atoms with van der Waals surface area (Å²) in [5.74, 6) is -1.05. The van der Waals surface area contributed by atoms with Crippen LogP contribution in [0.1, 0.15) is 20.7 Å². The van der Waals surface area contributed by atoms with Crippen LogP contribution in [-0.4, -0.2) is 62.8 Å². The van der Waals surface area contributed by atoms with Gasteiger partial charge in [-0.05, 0) is 12.1 Å². The van der Waals surface area contributed by atoms with Crippen LogP contribution < -0.4 is 0 Å². The molecule has 0 saturated carbocycles. The van der Waals surface area contributed by atoms with Crippen LogP contribution in [0.2, 0.25) is 0 Å². The zero-order valence-corrected chi connectivity index (χ0v) is 12.2. The maximum atomic E-state index is 12.1. The van der Waals surface area contributed by atoms with Gasteiger partial charge < -0.3 is 14.2 Å². The van der Waals surface area contributed by atoms with Gasteiger partial charge in [0.1, 0.15) is 6.61 Å². The number of methoxy groups -OCH3 is 1. The molecule has 22 heavy (non-hydrogen) atoms. The Labute approximate surface area is 127 Å². The second kappa shape index (κ2) is 7.67. The van der Waals surface area contributed by atoms with Crippen molar-refractivity contribution in [2.45, 2.75) is 0 Å². The molecule has 0 fully saturated rings. The van der Waals surface area contributed by atoms with Crippen LogP contribution in [0.3, 0.4) is 0 Å². The molecule has 0 unspecified atom stereocenters. The molecule has 0 spiro atoms. The van der Waals surface area contributed by atoms with E-state index in [2.05, 4.69) is 4.74 Å². The Morgan fingerprint density at radius 2 is 1.59 bits per heavy atom. The number of rotatable bonds is 8. The normalized spacial score (nSPS) is 13.4. The Kier molecular flexibility index (Phi) is 5.62. The number of hydrogen-bond donors (Lipinski definition) is 0. The largest absolute Gasteiger partial charge is 0.467 e. The summed E-state index contributed by atoms with van der Waals surface area (Å²) < 4.78 is 14.7. The predicted molar refractivity (Wildman–Crippen MR) is 75.5 cm³/mol. The van der Waals surface area contributed by atoms with Crippen molar-refractivity contribution in [1.29, 1.82) is 0 Å². The number of esters is 1. The molecule has 0 aliphatic carbocycles. The maximum absolute atomic E-state index is 12.1. The highest BCUT2D eigenvalue weighted by Crippen LogP contribution is 2.21. The molecule has 0 radical (unpaired) electrons. The van der Waals surface area contributed by atoms with E-state index in [-0.39, 0.29) is 44.8 Å². The zero-order chi connectivity index (χ0) is 15.9. The molecule has 1 aromatic rings. The van der Waals surface area contributed by atoms with E-state index >= 15 is 0 Å². The fourth-order valence-electron chi connectivity index (χ4n) is 2.03. The van der Waals surface area contributed by atoms with Gasteiger partial charge in [0.15, 0.2) is 0 Å². The molecule has 1 aliphatic rings. The van der Waals surface area contributed by atoms with Crippen LogP contribution in [-0.2, 0) is 19.0 Å². The summed E-state index contributed by atoms with van der Waals surface area (Å²) in [6.45, 7) is 0.770. The summed E-state index contributed by atoms with van der Waals surface area (Å²) in [4.78, 5) is 36.1. The Morgan fingerprint density at radius 3 is 2.18 bits per heavy atom. The standard InChI is InChI=1S/C15H17NO6/c1-20-13(17)10-22-9-8-21-7-6-16-14(18)11-4-2-3-5-12(11)15(16)19/h2-5H,6-10H2,1H3. The van der Waals surface area contributed by atoms with Crippen molar-refractivity contribution < 1.29 is 28.6 Å². The number of amides is 2. The topological polar surface area (TPSA) is 82.1 Å². The SMILES string of the molecule is COC(=O)COCCOCCN1C(=O)c2ccccc2C1=O. The van der Waals surface area contributed by atoms with Crippen LogP contribution in [0.4, 0.5) is 0 Å². The Balaban J connectivity index is 1.68. The summed E-state index contributed by atoms with van der Waals surface area (Å²) in [6, 6.07) is 6.72. The number of carbonyl (C=O) groups excluding carboxylic acids is 3. The van der Waals surface area contributed by atoms with Crippen molar-refractivity contribution in [3.63, 3.8) is 0 Å². The van der Waals surface area contributed by atoms with Crippen LogP contribution in [0, 0.1) is 0 Å². The van der Waals surface area contributed by atoms with Crippen molar-refractivity contribution in [1.82, 2.24) is 4.90 Å². The molecular weight excluding hydrogens is 290 g/mol. The number of carbonyl (C=O) groups is 3. The molecule has 0 N–H and O–H groups in total. The summed E-state index contributed by atoms with van der Waals surface area (Å²) in [5.41, 5.74) is 0.850. The van der Waals surface area contributed by atoms with Crippen molar-refractivity contribution in [2.24, 2.45) is 0 Å². The lowest BCUT2D eigenvalue weighted by Gasteiger charge is -2.13. The second-order valence-corrected chi connectivity index (χ2v) is 4.55. The first kappa shape index (κ1) is 16.1. The van der Waals surface area contributed by atoms with E-state index < -0.39 is 5.97 Å². The zero-order valence-electron chi connectivity index (χ0n) is 12.2. The lowest BCUT2D eigenvalue weighted by atomic mass is 10.1. The molecular formula is C15H17NO6. The van der Waals surface area contributed by atoms with Crippen LogP contribution >= 0.6 is 0 Å². The third kappa shape index (κ3) is 3.69. The minimum atomic E-state index is -0.453. The van der Waals surface area contributed by atoms with Gasteiger partial charge in [-0.2, -0.15) is 0 Å². The first-order valence-corrected chi connectivity index (χ1v) is 6.82. The molecule has 1 aliphatic heterocycles. The van der Waals surface area contributed by atoms with Gasteiger partial charge in [0.25, 0.3) is 11.8 Å². The highest BCUT2D eigenvalue weighted by molar-refractivity contribution is 6.21. The minimum absolute atomic E-state index is 0.127. The monoisotopic (exact) mass is 307 g/mol. The number of ether oxygens (including phenoxy) is 3. The first-order chi connectivity index (χ1) is 10.6. The molecule has 2 amide bonds. The number of fused-ring (bicyclic) bond motifs is 1. The van der Waals surface area contributed by atoms with Crippen molar-refractivity contribution in [3.05, 3.63) is 35.4 Å². The molecule has 0 atom stereocenters. The van der Waals surface area contributed by atoms with Gasteiger partial charge in [-0.1, -0.05) is 12.1 Å². The average Bonchev–Trinajstić information content (AvgIpc) is 2.78. The van der Waals surface area contributed by atoms with E-state index in [1.54, 1.807) is 24.3 Å². The Hall–Kier alpha value is -2.25. The van der Waals surface area contributed by atoms with Crippen molar-refractivity contribution in [2.75, 3.05) is 40.1 Å². The highest BCUT2D eigenvalue weighted by Gasteiger charge is 2.34. The van der Waals surface area contributed by atoms with Gasteiger partial charge in [0.05, 0.1) is 44.6 Å². The molecule has 1 heterocycles. The smallest absolute Gasteiger partial charge is 0.331 e. The summed E-state index contributed by atoms with van der Waals surface area (Å²) in [7, 11) is 1.28. The molecule has 1 aromatic carbocycles. The van der Waals surface area contributed by atoms with Gasteiger partial charge in [0, 0.05) is 0 Å². The van der Waals surface area contributed by atoms with Crippen LogP contribution in [0.15, 0.2) is 24.3 Å². The van der Waals surface area contributed by atoms with E-state index in [9.17, 15) is 14.4 Å². The van der Waals surface area contributed by atoms with Gasteiger partial charge in [-0.15, -0.1) is 0 Å². The Bertz CT molecular complexity index is 536. The lowest BCUT2D eigenvalue weighted by molar-refractivity contribution is -0.146. The third-order valence-corrected chi connectivity index (χ3v) is 3.16. The molecule has 0 bridgehead atoms. The fourth-order valence-corrected chi connectivity index (χ4v) is 2.03. The molecule has 2 rings (SSSR count). The van der Waals surface area contributed by atoms with Gasteiger partial charge in [-0.3, -0.25) is 14.5 Å². The van der Waals surface area contributed by atoms with E-state index in [0.717, 1.165) is 0 Å². The number of hydrogen-bond acceptors (Lipinski definition) is 6. The molecule has 0 saturated heterocycles. The summed E-state index contributed by atoms with van der Waals surface area (Å²) in [5, 5.41) is 0. The van der Waals surface area contributed by atoms with Crippen LogP contribution in [0.25, 0.3) is 0 Å². The molecule has 7 heteroatoms. The van der Waals surface area contributed by atoms with Crippen molar-refractivity contribution in [3.8, 4) is 0 Å².